The molecule has 2 aromatic carbocycles. The third-order valence-electron chi connectivity index (χ3n) is 4.51. The number of methoxy groups -OCH3 is 2. The minimum Gasteiger partial charge on any atom is -0.493 e. The molecule has 1 atom stereocenters. The van der Waals surface area contributed by atoms with Gasteiger partial charge in [0.05, 0.1) is 20.3 Å². The summed E-state index contributed by atoms with van der Waals surface area (Å²) in [6, 6.07) is 15.5. The lowest BCUT2D eigenvalue weighted by atomic mass is 10.1. The molecule has 0 aliphatic carbocycles. The van der Waals surface area contributed by atoms with Gasteiger partial charge in [0, 0.05) is 11.8 Å². The summed E-state index contributed by atoms with van der Waals surface area (Å²) < 4.78 is 10.5. The van der Waals surface area contributed by atoms with Gasteiger partial charge in [-0.1, -0.05) is 30.3 Å². The Morgan fingerprint density at radius 3 is 2.42 bits per heavy atom. The van der Waals surface area contributed by atoms with Crippen molar-refractivity contribution in [3.8, 4) is 11.5 Å². The molecule has 2 aromatic rings. The van der Waals surface area contributed by atoms with Crippen LogP contribution in [0.5, 0.6) is 11.5 Å². The van der Waals surface area contributed by atoms with Crippen molar-refractivity contribution in [2.75, 3.05) is 33.1 Å². The van der Waals surface area contributed by atoms with Crippen molar-refractivity contribution in [2.45, 2.75) is 25.8 Å². The Morgan fingerprint density at radius 2 is 1.77 bits per heavy atom. The summed E-state index contributed by atoms with van der Waals surface area (Å²) in [5.41, 5.74) is 2.01. The zero-order chi connectivity index (χ0) is 18.9. The van der Waals surface area contributed by atoms with E-state index in [1.165, 1.54) is 5.56 Å². The second-order valence-corrected chi connectivity index (χ2v) is 6.30. The van der Waals surface area contributed by atoms with Crippen molar-refractivity contribution >= 4 is 11.6 Å². The van der Waals surface area contributed by atoms with Gasteiger partial charge in [-0.25, -0.2) is 0 Å². The van der Waals surface area contributed by atoms with Gasteiger partial charge in [-0.3, -0.25) is 9.69 Å². The van der Waals surface area contributed by atoms with Gasteiger partial charge in [-0.05, 0) is 51.1 Å². The van der Waals surface area contributed by atoms with Gasteiger partial charge in [0.25, 0.3) is 0 Å². The third kappa shape index (κ3) is 5.49. The lowest BCUT2D eigenvalue weighted by Crippen LogP contribution is -2.40. The van der Waals surface area contributed by atoms with E-state index in [0.717, 1.165) is 19.4 Å². The molecule has 0 spiro atoms. The molecule has 0 radical (unpaired) electrons. The average Bonchev–Trinajstić information content (AvgIpc) is 2.67. The van der Waals surface area contributed by atoms with Gasteiger partial charge in [-0.15, -0.1) is 0 Å². The van der Waals surface area contributed by atoms with Gasteiger partial charge in [-0.2, -0.15) is 0 Å². The van der Waals surface area contributed by atoms with Gasteiger partial charge in [0.15, 0.2) is 11.5 Å². The maximum absolute atomic E-state index is 12.5. The van der Waals surface area contributed by atoms with Crippen LogP contribution in [0.15, 0.2) is 48.5 Å². The lowest BCUT2D eigenvalue weighted by Gasteiger charge is -2.24. The quantitative estimate of drug-likeness (QED) is 0.746. The first kappa shape index (κ1) is 19.8. The maximum Gasteiger partial charge on any atom is 0.241 e. The Bertz CT molecular complexity index is 704. The predicted molar refractivity (Wildman–Crippen MR) is 105 cm³/mol. The van der Waals surface area contributed by atoms with E-state index in [-0.39, 0.29) is 11.9 Å². The highest BCUT2D eigenvalue weighted by atomic mass is 16.5. The molecule has 0 saturated heterocycles. The molecule has 0 fully saturated rings. The van der Waals surface area contributed by atoms with E-state index >= 15 is 0 Å². The second kappa shape index (κ2) is 9.82. The summed E-state index contributed by atoms with van der Waals surface area (Å²) in [6.07, 6.45) is 2.02. The molecule has 5 heteroatoms. The number of aryl methyl sites for hydroxylation is 1. The molecule has 2 rings (SSSR count). The number of rotatable bonds is 9. The second-order valence-electron chi connectivity index (χ2n) is 6.30. The number of benzene rings is 2. The minimum atomic E-state index is -0.223. The highest BCUT2D eigenvalue weighted by Gasteiger charge is 2.18. The molecule has 0 heterocycles. The summed E-state index contributed by atoms with van der Waals surface area (Å²) >= 11 is 0. The van der Waals surface area contributed by atoms with Gasteiger partial charge < -0.3 is 14.8 Å². The molecular weight excluding hydrogens is 328 g/mol. The fraction of sp³-hybridized carbons (Fsp3) is 0.381. The Labute approximate surface area is 155 Å². The molecule has 0 aromatic heterocycles. The zero-order valence-corrected chi connectivity index (χ0v) is 16.0. The standard InChI is InChI=1S/C21H28N2O3/c1-16(23(2)14-8-11-17-9-6-5-7-10-17)21(24)22-18-12-13-19(25-3)20(15-18)26-4/h5-7,9-10,12-13,15-16H,8,11,14H2,1-4H3,(H,22,24). The number of hydrogen-bond donors (Lipinski definition) is 1. The van der Waals surface area contributed by atoms with Crippen molar-refractivity contribution in [2.24, 2.45) is 0 Å². The fourth-order valence-electron chi connectivity index (χ4n) is 2.73. The smallest absolute Gasteiger partial charge is 0.241 e. The number of amides is 1. The molecule has 26 heavy (non-hydrogen) atoms. The topological polar surface area (TPSA) is 50.8 Å². The summed E-state index contributed by atoms with van der Waals surface area (Å²) in [5, 5.41) is 2.94. The fourth-order valence-corrected chi connectivity index (χ4v) is 2.73. The number of carbonyl (C=O) groups excluding carboxylic acids is 1. The molecule has 1 unspecified atom stereocenters. The zero-order valence-electron chi connectivity index (χ0n) is 16.0. The van der Waals surface area contributed by atoms with Crippen LogP contribution in [-0.2, 0) is 11.2 Å². The summed E-state index contributed by atoms with van der Waals surface area (Å²) in [4.78, 5) is 14.6. The Hall–Kier alpha value is -2.53. The van der Waals surface area contributed by atoms with E-state index in [9.17, 15) is 4.79 Å². The van der Waals surface area contributed by atoms with Crippen LogP contribution in [0.2, 0.25) is 0 Å². The van der Waals surface area contributed by atoms with Crippen molar-refractivity contribution in [1.82, 2.24) is 4.90 Å². The molecule has 0 aliphatic rings. The van der Waals surface area contributed by atoms with Crippen LogP contribution >= 0.6 is 0 Å². The summed E-state index contributed by atoms with van der Waals surface area (Å²) in [7, 11) is 5.14. The Balaban J connectivity index is 1.86. The number of likely N-dealkylation sites (N-methyl/N-ethyl adjacent to an activating group) is 1. The van der Waals surface area contributed by atoms with E-state index in [0.29, 0.717) is 17.2 Å². The van der Waals surface area contributed by atoms with Crippen LogP contribution in [0.1, 0.15) is 18.9 Å². The predicted octanol–water partition coefficient (Wildman–Crippen LogP) is 3.60. The molecule has 1 amide bonds. The van der Waals surface area contributed by atoms with E-state index < -0.39 is 0 Å². The number of carbonyl (C=O) groups is 1. The minimum absolute atomic E-state index is 0.0422. The first-order valence-electron chi connectivity index (χ1n) is 8.82. The van der Waals surface area contributed by atoms with Crippen LogP contribution in [0.3, 0.4) is 0 Å². The lowest BCUT2D eigenvalue weighted by molar-refractivity contribution is -0.120. The highest BCUT2D eigenvalue weighted by molar-refractivity contribution is 5.94. The normalized spacial score (nSPS) is 11.9. The molecule has 0 saturated carbocycles. The third-order valence-corrected chi connectivity index (χ3v) is 4.51. The first-order chi connectivity index (χ1) is 12.5. The molecule has 5 nitrogen and oxygen atoms in total. The molecule has 0 bridgehead atoms. The average molecular weight is 356 g/mol. The van der Waals surface area contributed by atoms with Gasteiger partial charge >= 0.3 is 0 Å². The van der Waals surface area contributed by atoms with Crippen molar-refractivity contribution in [3.63, 3.8) is 0 Å². The van der Waals surface area contributed by atoms with Crippen LogP contribution in [0.25, 0.3) is 0 Å². The molecule has 140 valence electrons. The van der Waals surface area contributed by atoms with Crippen molar-refractivity contribution in [1.29, 1.82) is 0 Å². The number of ether oxygens (including phenoxy) is 2. The van der Waals surface area contributed by atoms with Crippen molar-refractivity contribution in [3.05, 3.63) is 54.1 Å². The number of nitrogens with one attached hydrogen (secondary N) is 1. The van der Waals surface area contributed by atoms with Crippen LogP contribution in [0, 0.1) is 0 Å². The molecule has 1 N–H and O–H groups in total. The Morgan fingerprint density at radius 1 is 1.08 bits per heavy atom. The Kier molecular flexibility index (Phi) is 7.48. The van der Waals surface area contributed by atoms with Crippen molar-refractivity contribution < 1.29 is 14.3 Å². The summed E-state index contributed by atoms with van der Waals surface area (Å²) in [6.45, 7) is 2.77. The van der Waals surface area contributed by atoms with Crippen LogP contribution < -0.4 is 14.8 Å². The monoisotopic (exact) mass is 356 g/mol. The van der Waals surface area contributed by atoms with Crippen LogP contribution in [-0.4, -0.2) is 44.7 Å². The highest BCUT2D eigenvalue weighted by Crippen LogP contribution is 2.29. The maximum atomic E-state index is 12.5. The SMILES string of the molecule is COc1ccc(NC(=O)C(C)N(C)CCCc2ccccc2)cc1OC. The largest absolute Gasteiger partial charge is 0.493 e. The van der Waals surface area contributed by atoms with E-state index in [1.54, 1.807) is 32.4 Å². The summed E-state index contributed by atoms with van der Waals surface area (Å²) in [5.74, 6) is 1.19. The number of hydrogen-bond acceptors (Lipinski definition) is 4. The molecule has 0 aliphatic heterocycles. The number of anilines is 1. The van der Waals surface area contributed by atoms with Gasteiger partial charge in [0.1, 0.15) is 0 Å². The van der Waals surface area contributed by atoms with E-state index in [4.69, 9.17) is 9.47 Å². The molecular formula is C21H28N2O3. The first-order valence-corrected chi connectivity index (χ1v) is 8.82. The van der Waals surface area contributed by atoms with E-state index in [2.05, 4.69) is 34.5 Å². The number of nitrogens with zero attached hydrogens (tertiary/aromatic N) is 1. The van der Waals surface area contributed by atoms with Crippen LogP contribution in [0.4, 0.5) is 5.69 Å². The van der Waals surface area contributed by atoms with E-state index in [1.807, 2.05) is 20.0 Å². The van der Waals surface area contributed by atoms with Gasteiger partial charge in [0.2, 0.25) is 5.91 Å².